The van der Waals surface area contributed by atoms with Gasteiger partial charge in [0.05, 0.1) is 19.8 Å². The summed E-state index contributed by atoms with van der Waals surface area (Å²) in [6.07, 6.45) is 1.12. The van der Waals surface area contributed by atoms with Gasteiger partial charge in [0.15, 0.2) is 5.96 Å². The Bertz CT molecular complexity index is 551. The van der Waals surface area contributed by atoms with Gasteiger partial charge in [-0.2, -0.15) is 0 Å². The van der Waals surface area contributed by atoms with Crippen LogP contribution in [0.2, 0.25) is 0 Å². The van der Waals surface area contributed by atoms with Gasteiger partial charge in [-0.1, -0.05) is 18.2 Å². The van der Waals surface area contributed by atoms with E-state index in [9.17, 15) is 0 Å². The van der Waals surface area contributed by atoms with Crippen LogP contribution < -0.4 is 15.4 Å². The zero-order chi connectivity index (χ0) is 18.6. The summed E-state index contributed by atoms with van der Waals surface area (Å²) in [6, 6.07) is 8.09. The van der Waals surface area contributed by atoms with Gasteiger partial charge < -0.3 is 20.1 Å². The highest BCUT2D eigenvalue weighted by atomic mass is 127. The van der Waals surface area contributed by atoms with Crippen molar-refractivity contribution in [2.75, 3.05) is 52.5 Å². The molecule has 2 rings (SSSR count). The highest BCUT2D eigenvalue weighted by Gasteiger charge is 2.10. The van der Waals surface area contributed by atoms with Crippen molar-refractivity contribution >= 4 is 29.9 Å². The van der Waals surface area contributed by atoms with Gasteiger partial charge in [-0.05, 0) is 45.4 Å². The molecule has 0 amide bonds. The van der Waals surface area contributed by atoms with Crippen LogP contribution in [-0.2, 0) is 4.74 Å². The molecule has 1 heterocycles. The molecule has 154 valence electrons. The van der Waals surface area contributed by atoms with Gasteiger partial charge in [-0.15, -0.1) is 24.0 Å². The third-order valence-corrected chi connectivity index (χ3v) is 4.32. The minimum atomic E-state index is 0. The fourth-order valence-electron chi connectivity index (χ4n) is 2.84. The first-order valence-electron chi connectivity index (χ1n) is 9.73. The van der Waals surface area contributed by atoms with Gasteiger partial charge in [-0.3, -0.25) is 4.90 Å². The predicted octanol–water partition coefficient (Wildman–Crippen LogP) is 2.66. The van der Waals surface area contributed by atoms with Crippen LogP contribution in [0.25, 0.3) is 0 Å². The Kier molecular flexibility index (Phi) is 12.4. The Morgan fingerprint density at radius 3 is 2.70 bits per heavy atom. The Labute approximate surface area is 181 Å². The smallest absolute Gasteiger partial charge is 0.191 e. The van der Waals surface area contributed by atoms with Crippen molar-refractivity contribution in [2.24, 2.45) is 4.99 Å². The van der Waals surface area contributed by atoms with Crippen LogP contribution in [0.3, 0.4) is 0 Å². The lowest BCUT2D eigenvalue weighted by molar-refractivity contribution is 0.0376. The molecule has 0 bridgehead atoms. The van der Waals surface area contributed by atoms with Gasteiger partial charge >= 0.3 is 0 Å². The topological polar surface area (TPSA) is 58.1 Å². The van der Waals surface area contributed by atoms with Crippen molar-refractivity contribution in [3.63, 3.8) is 0 Å². The van der Waals surface area contributed by atoms with E-state index in [2.05, 4.69) is 47.4 Å². The molecule has 0 aliphatic carbocycles. The molecule has 1 aromatic carbocycles. The van der Waals surface area contributed by atoms with Crippen molar-refractivity contribution < 1.29 is 9.47 Å². The van der Waals surface area contributed by atoms with Crippen molar-refractivity contribution in [3.8, 4) is 5.75 Å². The molecule has 1 unspecified atom stereocenters. The maximum atomic E-state index is 6.00. The van der Waals surface area contributed by atoms with E-state index in [4.69, 9.17) is 9.47 Å². The van der Waals surface area contributed by atoms with Crippen molar-refractivity contribution in [1.29, 1.82) is 0 Å². The lowest BCUT2D eigenvalue weighted by Crippen LogP contribution is -2.41. The van der Waals surface area contributed by atoms with E-state index in [1.165, 1.54) is 0 Å². The molecule has 1 aliphatic rings. The van der Waals surface area contributed by atoms with Crippen LogP contribution in [0, 0.1) is 6.92 Å². The minimum Gasteiger partial charge on any atom is -0.489 e. The standard InChI is InChI=1S/C20H34N4O2.HI/c1-4-21-20(22-10-7-11-24-12-14-25-15-13-24)23-16-18(3)26-19-9-6-5-8-17(19)2;/h5-6,8-9,18H,4,7,10-16H2,1-3H3,(H2,21,22,23);1H. The Morgan fingerprint density at radius 1 is 1.26 bits per heavy atom. The van der Waals surface area contributed by atoms with Crippen molar-refractivity contribution in [1.82, 2.24) is 15.5 Å². The summed E-state index contributed by atoms with van der Waals surface area (Å²) in [5.41, 5.74) is 1.15. The molecule has 27 heavy (non-hydrogen) atoms. The van der Waals surface area contributed by atoms with Crippen LogP contribution in [0.4, 0.5) is 0 Å². The van der Waals surface area contributed by atoms with E-state index in [0.717, 1.165) is 69.6 Å². The van der Waals surface area contributed by atoms with Crippen LogP contribution >= 0.6 is 24.0 Å². The fourth-order valence-corrected chi connectivity index (χ4v) is 2.84. The molecule has 1 atom stereocenters. The molecule has 0 saturated carbocycles. The lowest BCUT2D eigenvalue weighted by atomic mass is 10.2. The van der Waals surface area contributed by atoms with Crippen LogP contribution in [0.15, 0.2) is 29.3 Å². The van der Waals surface area contributed by atoms with Gasteiger partial charge in [0.2, 0.25) is 0 Å². The molecule has 1 fully saturated rings. The summed E-state index contributed by atoms with van der Waals surface area (Å²) in [6.45, 7) is 13.5. The van der Waals surface area contributed by atoms with E-state index in [-0.39, 0.29) is 30.1 Å². The maximum Gasteiger partial charge on any atom is 0.191 e. The molecular formula is C20H35IN4O2. The number of rotatable bonds is 9. The summed E-state index contributed by atoms with van der Waals surface area (Å²) >= 11 is 0. The van der Waals surface area contributed by atoms with Crippen LogP contribution in [0.5, 0.6) is 5.75 Å². The quantitative estimate of drug-likeness (QED) is 0.241. The normalized spacial score (nSPS) is 16.3. The Morgan fingerprint density at radius 2 is 2.00 bits per heavy atom. The van der Waals surface area contributed by atoms with Gasteiger partial charge in [0.25, 0.3) is 0 Å². The van der Waals surface area contributed by atoms with E-state index in [1.807, 2.05) is 18.2 Å². The average Bonchev–Trinajstić information content (AvgIpc) is 2.66. The second-order valence-corrected chi connectivity index (χ2v) is 6.65. The number of ether oxygens (including phenoxy) is 2. The molecule has 0 spiro atoms. The number of nitrogens with zero attached hydrogens (tertiary/aromatic N) is 2. The summed E-state index contributed by atoms with van der Waals surface area (Å²) in [4.78, 5) is 7.11. The Hall–Kier alpha value is -1.06. The first-order chi connectivity index (χ1) is 12.7. The number of guanidine groups is 1. The number of para-hydroxylation sites is 1. The van der Waals surface area contributed by atoms with Crippen LogP contribution in [-0.4, -0.2) is 69.4 Å². The molecular weight excluding hydrogens is 455 g/mol. The van der Waals surface area contributed by atoms with Crippen LogP contribution in [0.1, 0.15) is 25.8 Å². The SMILES string of the molecule is CCNC(=NCC(C)Oc1ccccc1C)NCCCN1CCOCC1.I. The maximum absolute atomic E-state index is 6.00. The molecule has 7 heteroatoms. The number of aryl methyl sites for hydroxylation is 1. The average molecular weight is 490 g/mol. The summed E-state index contributed by atoms with van der Waals surface area (Å²) in [5.74, 6) is 1.79. The highest BCUT2D eigenvalue weighted by molar-refractivity contribution is 14.0. The second-order valence-electron chi connectivity index (χ2n) is 6.65. The molecule has 1 aliphatic heterocycles. The zero-order valence-electron chi connectivity index (χ0n) is 16.9. The number of hydrogen-bond acceptors (Lipinski definition) is 4. The summed E-state index contributed by atoms with van der Waals surface area (Å²) in [5, 5.41) is 6.72. The van der Waals surface area contributed by atoms with E-state index in [1.54, 1.807) is 0 Å². The highest BCUT2D eigenvalue weighted by Crippen LogP contribution is 2.17. The number of hydrogen-bond donors (Lipinski definition) is 2. The largest absolute Gasteiger partial charge is 0.489 e. The monoisotopic (exact) mass is 490 g/mol. The number of aliphatic imine (C=N–C) groups is 1. The number of halogens is 1. The predicted molar refractivity (Wildman–Crippen MR) is 123 cm³/mol. The van der Waals surface area contributed by atoms with Crippen molar-refractivity contribution in [2.45, 2.75) is 33.3 Å². The second kappa shape index (κ2) is 14.0. The number of nitrogens with one attached hydrogen (secondary N) is 2. The molecule has 6 nitrogen and oxygen atoms in total. The molecule has 1 saturated heterocycles. The lowest BCUT2D eigenvalue weighted by Gasteiger charge is -2.26. The Balaban J connectivity index is 0.00000364. The number of benzene rings is 1. The van der Waals surface area contributed by atoms with Gasteiger partial charge in [0, 0.05) is 26.2 Å². The first kappa shape index (κ1) is 24.0. The third-order valence-electron chi connectivity index (χ3n) is 4.32. The molecule has 0 aromatic heterocycles. The zero-order valence-corrected chi connectivity index (χ0v) is 19.2. The third kappa shape index (κ3) is 9.62. The molecule has 2 N–H and O–H groups in total. The summed E-state index contributed by atoms with van der Waals surface area (Å²) < 4.78 is 11.4. The van der Waals surface area contributed by atoms with Crippen molar-refractivity contribution in [3.05, 3.63) is 29.8 Å². The number of morpholine rings is 1. The van der Waals surface area contributed by atoms with Gasteiger partial charge in [0.1, 0.15) is 11.9 Å². The van der Waals surface area contributed by atoms with Gasteiger partial charge in [-0.25, -0.2) is 4.99 Å². The first-order valence-corrected chi connectivity index (χ1v) is 9.73. The fraction of sp³-hybridized carbons (Fsp3) is 0.650. The minimum absolute atomic E-state index is 0. The molecule has 0 radical (unpaired) electrons. The van der Waals surface area contributed by atoms with E-state index >= 15 is 0 Å². The summed E-state index contributed by atoms with van der Waals surface area (Å²) in [7, 11) is 0. The van der Waals surface area contributed by atoms with E-state index in [0.29, 0.717) is 6.54 Å². The van der Waals surface area contributed by atoms with E-state index < -0.39 is 0 Å². The molecule has 1 aromatic rings.